The summed E-state index contributed by atoms with van der Waals surface area (Å²) in [5, 5.41) is 9.89. The maximum Gasteiger partial charge on any atom is 0.161 e. The monoisotopic (exact) mass is 184 g/mol. The Kier molecular flexibility index (Phi) is 1.86. The highest BCUT2D eigenvalue weighted by atomic mass is 16.7. The van der Waals surface area contributed by atoms with Crippen LogP contribution in [-0.4, -0.2) is 30.2 Å². The van der Waals surface area contributed by atoms with Crippen molar-refractivity contribution in [1.29, 1.82) is 0 Å². The third kappa shape index (κ3) is 1.14. The number of hydrogen-bond acceptors (Lipinski definition) is 3. The van der Waals surface area contributed by atoms with Crippen molar-refractivity contribution in [2.75, 3.05) is 6.61 Å². The van der Waals surface area contributed by atoms with Gasteiger partial charge in [-0.2, -0.15) is 0 Å². The second-order valence-corrected chi connectivity index (χ2v) is 4.44. The minimum absolute atomic E-state index is 0.00255. The van der Waals surface area contributed by atoms with Gasteiger partial charge in [-0.1, -0.05) is 0 Å². The van der Waals surface area contributed by atoms with Crippen molar-refractivity contribution >= 4 is 0 Å². The zero-order valence-electron chi connectivity index (χ0n) is 7.69. The topological polar surface area (TPSA) is 38.7 Å². The van der Waals surface area contributed by atoms with Gasteiger partial charge in [-0.15, -0.1) is 0 Å². The average Bonchev–Trinajstić information content (AvgIpc) is 2.62. The molecule has 3 nitrogen and oxygen atoms in total. The molecule has 3 aliphatic rings. The van der Waals surface area contributed by atoms with Gasteiger partial charge in [0.1, 0.15) is 0 Å². The van der Waals surface area contributed by atoms with Gasteiger partial charge in [0.15, 0.2) is 6.29 Å². The molecule has 0 aromatic rings. The molecule has 0 spiro atoms. The molecule has 3 fully saturated rings. The van der Waals surface area contributed by atoms with E-state index in [0.717, 1.165) is 32.3 Å². The highest BCUT2D eigenvalue weighted by Gasteiger charge is 2.51. The lowest BCUT2D eigenvalue weighted by Gasteiger charge is -2.31. The predicted molar refractivity (Wildman–Crippen MR) is 46.1 cm³/mol. The number of aliphatic hydroxyl groups excluding tert-OH is 1. The molecule has 2 heterocycles. The van der Waals surface area contributed by atoms with Gasteiger partial charge in [-0.25, -0.2) is 0 Å². The summed E-state index contributed by atoms with van der Waals surface area (Å²) in [6.45, 7) is 0.811. The largest absolute Gasteiger partial charge is 0.393 e. The molecule has 0 unspecified atom stereocenters. The fourth-order valence-electron chi connectivity index (χ4n) is 3.15. The van der Waals surface area contributed by atoms with Crippen LogP contribution in [-0.2, 0) is 9.47 Å². The van der Waals surface area contributed by atoms with E-state index in [9.17, 15) is 5.11 Å². The van der Waals surface area contributed by atoms with E-state index in [1.165, 1.54) is 0 Å². The van der Waals surface area contributed by atoms with Crippen LogP contribution in [0.15, 0.2) is 0 Å². The summed E-state index contributed by atoms with van der Waals surface area (Å²) in [5.41, 5.74) is 0. The fourth-order valence-corrected chi connectivity index (χ4v) is 3.15. The zero-order chi connectivity index (χ0) is 8.84. The highest BCUT2D eigenvalue weighted by molar-refractivity contribution is 4.95. The second kappa shape index (κ2) is 2.94. The average molecular weight is 184 g/mol. The first-order chi connectivity index (χ1) is 6.36. The zero-order valence-corrected chi connectivity index (χ0v) is 7.69. The quantitative estimate of drug-likeness (QED) is 0.608. The van der Waals surface area contributed by atoms with Gasteiger partial charge in [-0.05, 0) is 25.7 Å². The SMILES string of the molecule is O[C@@H]1CCC[C@@H]2O[C@H]3OCC[C@H]3[C@H]12. The van der Waals surface area contributed by atoms with Gasteiger partial charge in [0.25, 0.3) is 0 Å². The van der Waals surface area contributed by atoms with Crippen LogP contribution in [0.1, 0.15) is 25.7 Å². The van der Waals surface area contributed by atoms with E-state index in [-0.39, 0.29) is 18.5 Å². The van der Waals surface area contributed by atoms with Crippen molar-refractivity contribution in [2.45, 2.75) is 44.2 Å². The Bertz CT molecular complexity index is 206. The molecule has 0 amide bonds. The van der Waals surface area contributed by atoms with Crippen molar-refractivity contribution in [2.24, 2.45) is 11.8 Å². The molecule has 1 saturated carbocycles. The molecule has 0 bridgehead atoms. The lowest BCUT2D eigenvalue weighted by Crippen LogP contribution is -2.36. The van der Waals surface area contributed by atoms with Crippen LogP contribution in [0, 0.1) is 11.8 Å². The molecule has 3 heteroatoms. The molecule has 2 aliphatic heterocycles. The summed E-state index contributed by atoms with van der Waals surface area (Å²) >= 11 is 0. The van der Waals surface area contributed by atoms with Crippen LogP contribution >= 0.6 is 0 Å². The third-order valence-electron chi connectivity index (χ3n) is 3.75. The Morgan fingerprint density at radius 3 is 3.00 bits per heavy atom. The van der Waals surface area contributed by atoms with Gasteiger partial charge in [-0.3, -0.25) is 0 Å². The molecular weight excluding hydrogens is 168 g/mol. The normalized spacial score (nSPS) is 54.7. The fraction of sp³-hybridized carbons (Fsp3) is 1.00. The highest BCUT2D eigenvalue weighted by Crippen LogP contribution is 2.46. The molecule has 1 N–H and O–H groups in total. The van der Waals surface area contributed by atoms with Crippen molar-refractivity contribution < 1.29 is 14.6 Å². The number of rotatable bonds is 0. The molecule has 1 aliphatic carbocycles. The van der Waals surface area contributed by atoms with Crippen LogP contribution < -0.4 is 0 Å². The molecule has 3 rings (SSSR count). The van der Waals surface area contributed by atoms with Gasteiger partial charge < -0.3 is 14.6 Å². The molecule has 0 radical (unpaired) electrons. The Morgan fingerprint density at radius 1 is 1.15 bits per heavy atom. The summed E-state index contributed by atoms with van der Waals surface area (Å²) in [6.07, 6.45) is 4.37. The Labute approximate surface area is 78.0 Å². The first kappa shape index (κ1) is 8.21. The van der Waals surface area contributed by atoms with Crippen LogP contribution in [0.3, 0.4) is 0 Å². The van der Waals surface area contributed by atoms with Gasteiger partial charge >= 0.3 is 0 Å². The van der Waals surface area contributed by atoms with Crippen molar-refractivity contribution in [3.63, 3.8) is 0 Å². The van der Waals surface area contributed by atoms with Crippen molar-refractivity contribution in [3.8, 4) is 0 Å². The predicted octanol–water partition coefficient (Wildman–Crippen LogP) is 0.909. The molecule has 2 saturated heterocycles. The first-order valence-corrected chi connectivity index (χ1v) is 5.31. The Hall–Kier alpha value is -0.120. The standard InChI is InChI=1S/C10H16O3/c11-7-2-1-3-8-9(7)6-4-5-12-10(6)13-8/h6-11H,1-5H2/t6-,7+,8-,9+,10+/m0/s1. The van der Waals surface area contributed by atoms with E-state index in [1.54, 1.807) is 0 Å². The Balaban J connectivity index is 1.83. The maximum atomic E-state index is 9.89. The molecule has 5 atom stereocenters. The lowest BCUT2D eigenvalue weighted by molar-refractivity contribution is -0.124. The number of aliphatic hydroxyl groups is 1. The maximum absolute atomic E-state index is 9.89. The van der Waals surface area contributed by atoms with E-state index >= 15 is 0 Å². The number of fused-ring (bicyclic) bond motifs is 3. The molecule has 0 aromatic heterocycles. The molecule has 74 valence electrons. The second-order valence-electron chi connectivity index (χ2n) is 4.44. The third-order valence-corrected chi connectivity index (χ3v) is 3.75. The van der Waals surface area contributed by atoms with Crippen LogP contribution in [0.25, 0.3) is 0 Å². The smallest absolute Gasteiger partial charge is 0.161 e. The Morgan fingerprint density at radius 2 is 2.08 bits per heavy atom. The van der Waals surface area contributed by atoms with Crippen LogP contribution in [0.5, 0.6) is 0 Å². The first-order valence-electron chi connectivity index (χ1n) is 5.31. The van der Waals surface area contributed by atoms with E-state index < -0.39 is 0 Å². The summed E-state index contributed by atoms with van der Waals surface area (Å²) in [7, 11) is 0. The summed E-state index contributed by atoms with van der Waals surface area (Å²) in [4.78, 5) is 0. The van der Waals surface area contributed by atoms with E-state index in [2.05, 4.69) is 0 Å². The summed E-state index contributed by atoms with van der Waals surface area (Å²) < 4.78 is 11.3. The van der Waals surface area contributed by atoms with Gasteiger partial charge in [0, 0.05) is 11.8 Å². The van der Waals surface area contributed by atoms with Crippen molar-refractivity contribution in [1.82, 2.24) is 0 Å². The van der Waals surface area contributed by atoms with E-state index in [0.29, 0.717) is 11.8 Å². The molecular formula is C10H16O3. The van der Waals surface area contributed by atoms with Crippen molar-refractivity contribution in [3.05, 3.63) is 0 Å². The summed E-state index contributed by atoms with van der Waals surface area (Å²) in [6, 6.07) is 0. The van der Waals surface area contributed by atoms with E-state index in [1.807, 2.05) is 0 Å². The number of ether oxygens (including phenoxy) is 2. The number of hydrogen-bond donors (Lipinski definition) is 1. The minimum Gasteiger partial charge on any atom is -0.393 e. The van der Waals surface area contributed by atoms with E-state index in [4.69, 9.17) is 9.47 Å². The minimum atomic E-state index is -0.143. The summed E-state index contributed by atoms with van der Waals surface area (Å²) in [5.74, 6) is 0.835. The molecule has 13 heavy (non-hydrogen) atoms. The molecule has 0 aromatic carbocycles. The van der Waals surface area contributed by atoms with Gasteiger partial charge in [0.05, 0.1) is 18.8 Å². The van der Waals surface area contributed by atoms with Crippen LogP contribution in [0.2, 0.25) is 0 Å². The van der Waals surface area contributed by atoms with Gasteiger partial charge in [0.2, 0.25) is 0 Å². The van der Waals surface area contributed by atoms with Crippen LogP contribution in [0.4, 0.5) is 0 Å². The lowest BCUT2D eigenvalue weighted by atomic mass is 9.77.